The quantitative estimate of drug-likeness (QED) is 0.749. The molecule has 27 heavy (non-hydrogen) atoms. The Morgan fingerprint density at radius 3 is 2.70 bits per heavy atom. The van der Waals surface area contributed by atoms with Crippen molar-refractivity contribution in [2.45, 2.75) is 18.6 Å². The van der Waals surface area contributed by atoms with Crippen LogP contribution < -0.4 is 0 Å². The van der Waals surface area contributed by atoms with Crippen molar-refractivity contribution in [3.05, 3.63) is 71.2 Å². The van der Waals surface area contributed by atoms with E-state index in [1.165, 1.54) is 22.7 Å². The number of hydrogen-bond acceptors (Lipinski definition) is 3. The molecule has 0 aliphatic carbocycles. The van der Waals surface area contributed by atoms with E-state index in [-0.39, 0.29) is 23.7 Å². The second-order valence-electron chi connectivity index (χ2n) is 6.45. The van der Waals surface area contributed by atoms with Crippen molar-refractivity contribution in [1.82, 2.24) is 14.3 Å². The Labute approximate surface area is 152 Å². The lowest BCUT2D eigenvalue weighted by molar-refractivity contribution is -0.140. The summed E-state index contributed by atoms with van der Waals surface area (Å²) < 4.78 is 39.7. The molecule has 2 aromatic heterocycles. The van der Waals surface area contributed by atoms with E-state index in [4.69, 9.17) is 0 Å². The number of aliphatic hydroxyl groups excluding tert-OH is 1. The molecule has 0 spiro atoms. The Kier molecular flexibility index (Phi) is 4.15. The monoisotopic (exact) mass is 375 g/mol. The van der Waals surface area contributed by atoms with Crippen molar-refractivity contribution in [1.29, 1.82) is 0 Å². The Bertz CT molecular complexity index is 1010. The highest BCUT2D eigenvalue weighted by Gasteiger charge is 2.34. The topological polar surface area (TPSA) is 57.8 Å². The summed E-state index contributed by atoms with van der Waals surface area (Å²) in [7, 11) is 0. The number of imidazole rings is 1. The van der Waals surface area contributed by atoms with E-state index >= 15 is 0 Å². The second kappa shape index (κ2) is 6.38. The zero-order chi connectivity index (χ0) is 19.2. The van der Waals surface area contributed by atoms with Crippen LogP contribution in [0.1, 0.15) is 33.2 Å². The number of aromatic nitrogens is 2. The van der Waals surface area contributed by atoms with Crippen molar-refractivity contribution in [2.24, 2.45) is 0 Å². The largest absolute Gasteiger partial charge is 0.434 e. The predicted molar refractivity (Wildman–Crippen MR) is 91.2 cm³/mol. The molecule has 5 nitrogen and oxygen atoms in total. The molecule has 0 fully saturated rings. The fraction of sp³-hybridized carbons (Fsp3) is 0.263. The molecule has 0 saturated heterocycles. The van der Waals surface area contributed by atoms with Crippen LogP contribution >= 0.6 is 0 Å². The van der Waals surface area contributed by atoms with Gasteiger partial charge in [0.25, 0.3) is 5.91 Å². The third-order valence-electron chi connectivity index (χ3n) is 4.83. The van der Waals surface area contributed by atoms with Crippen LogP contribution in [-0.4, -0.2) is 38.4 Å². The molecule has 1 aliphatic rings. The molecule has 1 amide bonds. The number of halogens is 3. The van der Waals surface area contributed by atoms with E-state index in [1.54, 1.807) is 4.90 Å². The minimum atomic E-state index is -4.55. The first-order valence-corrected chi connectivity index (χ1v) is 8.44. The number of benzene rings is 1. The normalized spacial score (nSPS) is 17.2. The van der Waals surface area contributed by atoms with Crippen molar-refractivity contribution in [3.63, 3.8) is 0 Å². The van der Waals surface area contributed by atoms with Gasteiger partial charge in [-0.05, 0) is 29.7 Å². The van der Waals surface area contributed by atoms with E-state index in [0.29, 0.717) is 13.0 Å². The minimum absolute atomic E-state index is 0.113. The second-order valence-corrected chi connectivity index (χ2v) is 6.45. The molecule has 1 N–H and O–H groups in total. The van der Waals surface area contributed by atoms with Gasteiger partial charge in [0, 0.05) is 18.9 Å². The van der Waals surface area contributed by atoms with Crippen LogP contribution in [0, 0.1) is 0 Å². The summed E-state index contributed by atoms with van der Waals surface area (Å²) >= 11 is 0. The van der Waals surface area contributed by atoms with Crippen molar-refractivity contribution in [2.75, 3.05) is 13.2 Å². The van der Waals surface area contributed by atoms with Gasteiger partial charge in [-0.15, -0.1) is 0 Å². The van der Waals surface area contributed by atoms with Crippen molar-refractivity contribution in [3.8, 4) is 0 Å². The molecule has 1 aromatic carbocycles. The summed E-state index contributed by atoms with van der Waals surface area (Å²) in [5.41, 5.74) is 1.32. The van der Waals surface area contributed by atoms with Crippen LogP contribution in [0.15, 0.2) is 48.8 Å². The number of amides is 1. The number of alkyl halides is 3. The summed E-state index contributed by atoms with van der Waals surface area (Å²) in [5.74, 6) is -0.340. The van der Waals surface area contributed by atoms with Gasteiger partial charge in [-0.3, -0.25) is 4.79 Å². The third kappa shape index (κ3) is 3.06. The van der Waals surface area contributed by atoms with Crippen LogP contribution in [0.4, 0.5) is 13.2 Å². The zero-order valence-corrected chi connectivity index (χ0v) is 14.1. The van der Waals surface area contributed by atoms with Crippen LogP contribution in [-0.2, 0) is 12.6 Å². The van der Waals surface area contributed by atoms with E-state index < -0.39 is 17.9 Å². The SMILES string of the molecule is O=C(c1ccc2nc(C(F)(F)F)cn2c1)N1CCc2ccccc2C1CO. The first-order valence-electron chi connectivity index (χ1n) is 8.44. The number of carbonyl (C=O) groups excluding carboxylic acids is 1. The maximum Gasteiger partial charge on any atom is 0.434 e. The number of pyridine rings is 1. The van der Waals surface area contributed by atoms with E-state index in [1.807, 2.05) is 24.3 Å². The Morgan fingerprint density at radius 1 is 1.19 bits per heavy atom. The van der Waals surface area contributed by atoms with E-state index in [9.17, 15) is 23.1 Å². The van der Waals surface area contributed by atoms with Crippen LogP contribution in [0.5, 0.6) is 0 Å². The molecule has 140 valence electrons. The van der Waals surface area contributed by atoms with Gasteiger partial charge in [0.15, 0.2) is 5.69 Å². The number of carbonyl (C=O) groups is 1. The molecule has 1 unspecified atom stereocenters. The molecule has 0 bridgehead atoms. The molecular weight excluding hydrogens is 359 g/mol. The molecule has 0 radical (unpaired) electrons. The molecule has 1 aliphatic heterocycles. The molecule has 8 heteroatoms. The molecule has 3 aromatic rings. The molecule has 0 saturated carbocycles. The summed E-state index contributed by atoms with van der Waals surface area (Å²) in [5, 5.41) is 9.83. The van der Waals surface area contributed by atoms with Crippen LogP contribution in [0.25, 0.3) is 5.65 Å². The lowest BCUT2D eigenvalue weighted by Gasteiger charge is -2.36. The van der Waals surface area contributed by atoms with Gasteiger partial charge < -0.3 is 14.4 Å². The lowest BCUT2D eigenvalue weighted by atomic mass is 9.92. The van der Waals surface area contributed by atoms with Crippen LogP contribution in [0.3, 0.4) is 0 Å². The first kappa shape index (κ1) is 17.5. The van der Waals surface area contributed by atoms with Gasteiger partial charge in [0.05, 0.1) is 18.2 Å². The zero-order valence-electron chi connectivity index (χ0n) is 14.1. The van der Waals surface area contributed by atoms with E-state index in [2.05, 4.69) is 4.98 Å². The molecular formula is C19H16F3N3O2. The third-order valence-corrected chi connectivity index (χ3v) is 4.83. The number of rotatable bonds is 2. The molecule has 4 rings (SSSR count). The van der Waals surface area contributed by atoms with Gasteiger partial charge in [-0.1, -0.05) is 24.3 Å². The number of nitrogens with zero attached hydrogens (tertiary/aromatic N) is 3. The maximum absolute atomic E-state index is 13.0. The lowest BCUT2D eigenvalue weighted by Crippen LogP contribution is -2.41. The number of aliphatic hydroxyl groups is 1. The van der Waals surface area contributed by atoms with E-state index in [0.717, 1.165) is 17.3 Å². The smallest absolute Gasteiger partial charge is 0.394 e. The van der Waals surface area contributed by atoms with Gasteiger partial charge in [-0.2, -0.15) is 13.2 Å². The molecule has 3 heterocycles. The minimum Gasteiger partial charge on any atom is -0.394 e. The Hall–Kier alpha value is -2.87. The average Bonchev–Trinajstić information content (AvgIpc) is 3.10. The van der Waals surface area contributed by atoms with Gasteiger partial charge in [0.1, 0.15) is 5.65 Å². The van der Waals surface area contributed by atoms with Gasteiger partial charge in [0.2, 0.25) is 0 Å². The van der Waals surface area contributed by atoms with Crippen LogP contribution in [0.2, 0.25) is 0 Å². The Balaban J connectivity index is 1.68. The highest BCUT2D eigenvalue weighted by atomic mass is 19.4. The first-order chi connectivity index (χ1) is 12.9. The van der Waals surface area contributed by atoms with Gasteiger partial charge >= 0.3 is 6.18 Å². The standard InChI is InChI=1S/C19H16F3N3O2/c20-19(21,22)16-10-24-9-13(5-6-17(24)23-16)18(27)25-8-7-12-3-1-2-4-14(12)15(25)11-26/h1-6,9-10,15,26H,7-8,11H2. The highest BCUT2D eigenvalue weighted by Crippen LogP contribution is 2.31. The number of hydrogen-bond donors (Lipinski definition) is 1. The summed E-state index contributed by atoms with van der Waals surface area (Å²) in [4.78, 5) is 18.1. The highest BCUT2D eigenvalue weighted by molar-refractivity contribution is 5.94. The maximum atomic E-state index is 13.0. The fourth-order valence-corrected chi connectivity index (χ4v) is 3.51. The predicted octanol–water partition coefficient (Wildman–Crippen LogP) is 3.09. The van der Waals surface area contributed by atoms with Crippen molar-refractivity contribution < 1.29 is 23.1 Å². The Morgan fingerprint density at radius 2 is 1.96 bits per heavy atom. The summed E-state index contributed by atoms with van der Waals surface area (Å²) in [6, 6.07) is 9.97. The van der Waals surface area contributed by atoms with Crippen molar-refractivity contribution >= 4 is 11.6 Å². The summed E-state index contributed by atoms with van der Waals surface area (Å²) in [6.07, 6.45) is -1.69. The fourth-order valence-electron chi connectivity index (χ4n) is 3.51. The molecule has 1 atom stereocenters. The average molecular weight is 375 g/mol. The van der Waals surface area contributed by atoms with Gasteiger partial charge in [-0.25, -0.2) is 4.98 Å². The number of fused-ring (bicyclic) bond motifs is 2. The summed E-state index contributed by atoms with van der Waals surface area (Å²) in [6.45, 7) is 0.200.